The van der Waals surface area contributed by atoms with Gasteiger partial charge in [-0.15, -0.1) is 0 Å². The Morgan fingerprint density at radius 1 is 1.18 bits per heavy atom. The smallest absolute Gasteiger partial charge is 0.410 e. The number of carbonyl (C=O) groups is 1. The Kier molecular flexibility index (Phi) is 8.11. The molecular formula is C21H35N5O2. The van der Waals surface area contributed by atoms with Gasteiger partial charge in [0.1, 0.15) is 5.60 Å². The number of carbonyl (C=O) groups excluding carboxylic acids is 1. The first kappa shape index (κ1) is 22.0. The second kappa shape index (κ2) is 10.3. The molecule has 1 heterocycles. The maximum absolute atomic E-state index is 12.1. The highest BCUT2D eigenvalue weighted by Crippen LogP contribution is 2.12. The van der Waals surface area contributed by atoms with E-state index < -0.39 is 5.60 Å². The fourth-order valence-electron chi connectivity index (χ4n) is 2.99. The molecule has 1 amide bonds. The lowest BCUT2D eigenvalue weighted by Crippen LogP contribution is -2.50. The number of piperazine rings is 1. The Hall–Kier alpha value is -2.28. The summed E-state index contributed by atoms with van der Waals surface area (Å²) in [7, 11) is 0. The van der Waals surface area contributed by atoms with Gasteiger partial charge < -0.3 is 20.7 Å². The number of aliphatic imine (C=N–C) groups is 1. The topological polar surface area (TPSA) is 83.2 Å². The number of anilines is 1. The average Bonchev–Trinajstić information content (AvgIpc) is 2.65. The number of benzene rings is 1. The van der Waals surface area contributed by atoms with Gasteiger partial charge in [0.15, 0.2) is 5.96 Å². The molecule has 1 aromatic carbocycles. The molecule has 0 spiro atoms. The lowest BCUT2D eigenvalue weighted by atomic mass is 10.1. The van der Waals surface area contributed by atoms with E-state index in [0.717, 1.165) is 38.2 Å². The third kappa shape index (κ3) is 7.76. The fourth-order valence-corrected chi connectivity index (χ4v) is 2.99. The van der Waals surface area contributed by atoms with Gasteiger partial charge in [0.25, 0.3) is 0 Å². The molecule has 2 rings (SSSR count). The van der Waals surface area contributed by atoms with Gasteiger partial charge in [0.05, 0.1) is 0 Å². The molecule has 0 aromatic heterocycles. The van der Waals surface area contributed by atoms with E-state index in [4.69, 9.17) is 10.5 Å². The van der Waals surface area contributed by atoms with Gasteiger partial charge >= 0.3 is 6.09 Å². The van der Waals surface area contributed by atoms with Crippen molar-refractivity contribution in [3.63, 3.8) is 0 Å². The zero-order valence-corrected chi connectivity index (χ0v) is 17.7. The van der Waals surface area contributed by atoms with E-state index in [1.807, 2.05) is 32.9 Å². The molecule has 1 fully saturated rings. The highest BCUT2D eigenvalue weighted by atomic mass is 16.6. The SMILES string of the molecule is CCc1ccc(NC(N)=NCCCN2CCN(C(=O)OC(C)(C)C)CC2)cc1. The molecule has 1 aliphatic rings. The zero-order valence-electron chi connectivity index (χ0n) is 17.7. The van der Waals surface area contributed by atoms with E-state index in [1.165, 1.54) is 5.56 Å². The van der Waals surface area contributed by atoms with Crippen LogP contribution in [-0.2, 0) is 11.2 Å². The lowest BCUT2D eigenvalue weighted by molar-refractivity contribution is 0.0145. The molecular weight excluding hydrogens is 354 g/mol. The van der Waals surface area contributed by atoms with Crippen LogP contribution in [0.1, 0.15) is 39.7 Å². The predicted molar refractivity (Wildman–Crippen MR) is 115 cm³/mol. The van der Waals surface area contributed by atoms with Crippen molar-refractivity contribution in [3.8, 4) is 0 Å². The molecule has 0 radical (unpaired) electrons. The summed E-state index contributed by atoms with van der Waals surface area (Å²) in [5.41, 5.74) is 7.77. The Bertz CT molecular complexity index is 644. The van der Waals surface area contributed by atoms with Crippen LogP contribution in [0.15, 0.2) is 29.3 Å². The third-order valence-electron chi connectivity index (χ3n) is 4.57. The number of nitrogens with zero attached hydrogens (tertiary/aromatic N) is 3. The van der Waals surface area contributed by atoms with E-state index >= 15 is 0 Å². The van der Waals surface area contributed by atoms with Gasteiger partial charge in [-0.3, -0.25) is 9.89 Å². The molecule has 3 N–H and O–H groups in total. The first-order valence-electron chi connectivity index (χ1n) is 10.1. The molecule has 156 valence electrons. The Labute approximate surface area is 168 Å². The summed E-state index contributed by atoms with van der Waals surface area (Å²) >= 11 is 0. The maximum atomic E-state index is 12.1. The molecule has 7 heteroatoms. The summed E-state index contributed by atoms with van der Waals surface area (Å²) in [5, 5.41) is 3.12. The summed E-state index contributed by atoms with van der Waals surface area (Å²) in [6.45, 7) is 12.6. The van der Waals surface area contributed by atoms with Crippen molar-refractivity contribution in [1.82, 2.24) is 9.80 Å². The normalized spacial score (nSPS) is 16.1. The van der Waals surface area contributed by atoms with Crippen LogP contribution in [0.25, 0.3) is 0 Å². The molecule has 7 nitrogen and oxygen atoms in total. The van der Waals surface area contributed by atoms with Crippen LogP contribution in [0.3, 0.4) is 0 Å². The van der Waals surface area contributed by atoms with Crippen LogP contribution >= 0.6 is 0 Å². The van der Waals surface area contributed by atoms with Crippen molar-refractivity contribution in [1.29, 1.82) is 0 Å². The number of rotatable bonds is 6. The van der Waals surface area contributed by atoms with E-state index in [9.17, 15) is 4.79 Å². The second-order valence-electron chi connectivity index (χ2n) is 8.11. The van der Waals surface area contributed by atoms with Crippen LogP contribution in [-0.4, -0.2) is 66.7 Å². The number of aryl methyl sites for hydroxylation is 1. The van der Waals surface area contributed by atoms with Crippen molar-refractivity contribution in [2.45, 2.75) is 46.1 Å². The minimum atomic E-state index is -0.446. The highest BCUT2D eigenvalue weighted by molar-refractivity contribution is 5.92. The summed E-state index contributed by atoms with van der Waals surface area (Å²) < 4.78 is 5.43. The van der Waals surface area contributed by atoms with Crippen LogP contribution < -0.4 is 11.1 Å². The minimum Gasteiger partial charge on any atom is -0.444 e. The maximum Gasteiger partial charge on any atom is 0.410 e. The molecule has 1 aliphatic heterocycles. The lowest BCUT2D eigenvalue weighted by Gasteiger charge is -2.35. The van der Waals surface area contributed by atoms with Crippen LogP contribution in [0.2, 0.25) is 0 Å². The molecule has 0 atom stereocenters. The van der Waals surface area contributed by atoms with Crippen LogP contribution in [0.4, 0.5) is 10.5 Å². The summed E-state index contributed by atoms with van der Waals surface area (Å²) in [4.78, 5) is 20.6. The van der Waals surface area contributed by atoms with Crippen LogP contribution in [0, 0.1) is 0 Å². The standard InChI is InChI=1S/C21H35N5O2/c1-5-17-7-9-18(10-8-17)24-19(22)23-11-6-12-25-13-15-26(16-14-25)20(27)28-21(2,3)4/h7-10H,5-6,11-16H2,1-4H3,(H3,22,23,24). The van der Waals surface area contributed by atoms with Crippen LogP contribution in [0.5, 0.6) is 0 Å². The highest BCUT2D eigenvalue weighted by Gasteiger charge is 2.25. The number of hydrogen-bond donors (Lipinski definition) is 2. The van der Waals surface area contributed by atoms with Gasteiger partial charge in [0.2, 0.25) is 0 Å². The first-order valence-corrected chi connectivity index (χ1v) is 10.1. The molecule has 0 bridgehead atoms. The monoisotopic (exact) mass is 389 g/mol. The number of ether oxygens (including phenoxy) is 1. The predicted octanol–water partition coefficient (Wildman–Crippen LogP) is 2.92. The van der Waals surface area contributed by atoms with Gasteiger partial charge in [-0.05, 0) is 51.3 Å². The van der Waals surface area contributed by atoms with E-state index in [2.05, 4.69) is 34.3 Å². The summed E-state index contributed by atoms with van der Waals surface area (Å²) in [6, 6.07) is 8.22. The fraction of sp³-hybridized carbons (Fsp3) is 0.619. The van der Waals surface area contributed by atoms with Crippen molar-refractivity contribution in [2.24, 2.45) is 10.7 Å². The molecule has 1 aromatic rings. The number of nitrogens with two attached hydrogens (primary N) is 1. The van der Waals surface area contributed by atoms with Gasteiger partial charge in [-0.25, -0.2) is 4.79 Å². The van der Waals surface area contributed by atoms with Crippen molar-refractivity contribution in [2.75, 3.05) is 44.6 Å². The number of hydrogen-bond acceptors (Lipinski definition) is 4. The van der Waals surface area contributed by atoms with Crippen molar-refractivity contribution in [3.05, 3.63) is 29.8 Å². The third-order valence-corrected chi connectivity index (χ3v) is 4.57. The number of guanidine groups is 1. The molecule has 1 saturated heterocycles. The molecule has 28 heavy (non-hydrogen) atoms. The summed E-state index contributed by atoms with van der Waals surface area (Å²) in [5.74, 6) is 0.444. The molecule has 0 aliphatic carbocycles. The van der Waals surface area contributed by atoms with E-state index in [0.29, 0.717) is 25.6 Å². The van der Waals surface area contributed by atoms with Gasteiger partial charge in [-0.2, -0.15) is 0 Å². The van der Waals surface area contributed by atoms with Gasteiger partial charge in [0, 0.05) is 45.0 Å². The number of nitrogens with one attached hydrogen (secondary N) is 1. The quantitative estimate of drug-likeness (QED) is 0.444. The Morgan fingerprint density at radius 2 is 1.82 bits per heavy atom. The van der Waals surface area contributed by atoms with Crippen molar-refractivity contribution >= 4 is 17.7 Å². The Balaban J connectivity index is 1.64. The van der Waals surface area contributed by atoms with Gasteiger partial charge in [-0.1, -0.05) is 19.1 Å². The molecule has 0 saturated carbocycles. The zero-order chi connectivity index (χ0) is 20.6. The van der Waals surface area contributed by atoms with Crippen molar-refractivity contribution < 1.29 is 9.53 Å². The van der Waals surface area contributed by atoms with E-state index in [1.54, 1.807) is 4.90 Å². The minimum absolute atomic E-state index is 0.220. The second-order valence-corrected chi connectivity index (χ2v) is 8.11. The molecule has 0 unspecified atom stereocenters. The van der Waals surface area contributed by atoms with E-state index in [-0.39, 0.29) is 6.09 Å². The number of amides is 1. The average molecular weight is 390 g/mol. The summed E-state index contributed by atoms with van der Waals surface area (Å²) in [6.07, 6.45) is 1.74. The largest absolute Gasteiger partial charge is 0.444 e. The first-order chi connectivity index (χ1) is 13.3. The Morgan fingerprint density at radius 3 is 2.39 bits per heavy atom.